The molecule has 1 aliphatic heterocycles. The van der Waals surface area contributed by atoms with E-state index < -0.39 is 0 Å². The molecule has 1 amide bonds. The zero-order valence-electron chi connectivity index (χ0n) is 14.6. The van der Waals surface area contributed by atoms with Crippen LogP contribution in [0.4, 0.5) is 0 Å². The summed E-state index contributed by atoms with van der Waals surface area (Å²) in [5.41, 5.74) is 3.53. The Morgan fingerprint density at radius 1 is 1.41 bits per heavy atom. The first kappa shape index (κ1) is 17.0. The lowest BCUT2D eigenvalue weighted by molar-refractivity contribution is -0.133. The molecule has 5 heteroatoms. The Hall–Kier alpha value is -1.36. The van der Waals surface area contributed by atoms with Crippen LogP contribution in [0.1, 0.15) is 44.1 Å². The van der Waals surface area contributed by atoms with Gasteiger partial charge >= 0.3 is 0 Å². The Labute approximate surface area is 134 Å². The van der Waals surface area contributed by atoms with Gasteiger partial charge in [-0.25, -0.2) is 0 Å². The third-order valence-electron chi connectivity index (χ3n) is 4.48. The van der Waals surface area contributed by atoms with Crippen LogP contribution in [0, 0.1) is 19.8 Å². The lowest BCUT2D eigenvalue weighted by Crippen LogP contribution is -2.52. The van der Waals surface area contributed by atoms with Crippen molar-refractivity contribution < 1.29 is 4.79 Å². The number of carbonyl (C=O) groups is 1. The second kappa shape index (κ2) is 7.27. The van der Waals surface area contributed by atoms with E-state index >= 15 is 0 Å². The summed E-state index contributed by atoms with van der Waals surface area (Å²) in [5, 5.41) is 7.96. The minimum Gasteiger partial charge on any atom is -0.337 e. The van der Waals surface area contributed by atoms with Gasteiger partial charge in [0.25, 0.3) is 0 Å². The number of aryl methyl sites for hydroxylation is 1. The molecule has 1 aromatic heterocycles. The number of nitrogens with one attached hydrogen (secondary N) is 1. The van der Waals surface area contributed by atoms with E-state index in [1.807, 2.05) is 4.90 Å². The number of hydrogen-bond acceptors (Lipinski definition) is 3. The topological polar surface area (TPSA) is 50.2 Å². The van der Waals surface area contributed by atoms with Crippen LogP contribution < -0.4 is 5.32 Å². The molecule has 2 heterocycles. The van der Waals surface area contributed by atoms with Gasteiger partial charge in [0, 0.05) is 44.3 Å². The minimum atomic E-state index is 0.268. The van der Waals surface area contributed by atoms with Crippen LogP contribution in [0.2, 0.25) is 0 Å². The lowest BCUT2D eigenvalue weighted by Gasteiger charge is -2.34. The highest BCUT2D eigenvalue weighted by Gasteiger charge is 2.23. The first-order valence-corrected chi connectivity index (χ1v) is 8.43. The Morgan fingerprint density at radius 2 is 2.14 bits per heavy atom. The number of carbonyl (C=O) groups excluding carboxylic acids is 1. The zero-order valence-corrected chi connectivity index (χ0v) is 14.6. The normalized spacial score (nSPS) is 19.0. The van der Waals surface area contributed by atoms with Gasteiger partial charge in [0.2, 0.25) is 5.91 Å². The third kappa shape index (κ3) is 3.88. The summed E-state index contributed by atoms with van der Waals surface area (Å²) >= 11 is 0. The molecule has 0 aromatic carbocycles. The Kier molecular flexibility index (Phi) is 5.62. The van der Waals surface area contributed by atoms with E-state index in [2.05, 4.69) is 49.7 Å². The van der Waals surface area contributed by atoms with Crippen LogP contribution in [0.25, 0.3) is 0 Å². The molecule has 0 bridgehead atoms. The molecule has 0 unspecified atom stereocenters. The summed E-state index contributed by atoms with van der Waals surface area (Å²) in [7, 11) is 0. The number of amides is 1. The van der Waals surface area contributed by atoms with Gasteiger partial charge in [-0.3, -0.25) is 9.48 Å². The van der Waals surface area contributed by atoms with Gasteiger partial charge in [-0.15, -0.1) is 0 Å². The molecular formula is C17H30N4O. The first-order chi connectivity index (χ1) is 10.4. The molecule has 1 aromatic rings. The fraction of sp³-hybridized carbons (Fsp3) is 0.765. The maximum absolute atomic E-state index is 12.5. The second-order valence-electron chi connectivity index (χ2n) is 6.87. The van der Waals surface area contributed by atoms with Gasteiger partial charge in [-0.1, -0.05) is 13.8 Å². The molecule has 1 saturated heterocycles. The monoisotopic (exact) mass is 306 g/mol. The Balaban J connectivity index is 1.99. The highest BCUT2D eigenvalue weighted by atomic mass is 16.2. The molecule has 1 aliphatic rings. The number of piperazine rings is 1. The summed E-state index contributed by atoms with van der Waals surface area (Å²) in [6.45, 7) is 14.3. The van der Waals surface area contributed by atoms with Gasteiger partial charge in [-0.2, -0.15) is 5.10 Å². The van der Waals surface area contributed by atoms with E-state index in [4.69, 9.17) is 0 Å². The average Bonchev–Trinajstić information content (AvgIpc) is 2.71. The predicted octanol–water partition coefficient (Wildman–Crippen LogP) is 1.91. The fourth-order valence-electron chi connectivity index (χ4n) is 3.21. The van der Waals surface area contributed by atoms with Gasteiger partial charge in [-0.05, 0) is 38.7 Å². The molecule has 1 fully saturated rings. The molecule has 1 N–H and O–H groups in total. The smallest absolute Gasteiger partial charge is 0.223 e. The SMILES string of the molecule is Cc1nn(CC(C)C)c(C)c1CCC(=O)N1CCNC[C@@H]1C. The molecule has 1 atom stereocenters. The van der Waals surface area contributed by atoms with Crippen molar-refractivity contribution in [2.45, 2.75) is 60.0 Å². The van der Waals surface area contributed by atoms with Crippen molar-refractivity contribution in [3.63, 3.8) is 0 Å². The summed E-state index contributed by atoms with van der Waals surface area (Å²) in [6, 6.07) is 0.298. The van der Waals surface area contributed by atoms with Crippen molar-refractivity contribution in [1.82, 2.24) is 20.0 Å². The molecule has 0 saturated carbocycles. The summed E-state index contributed by atoms with van der Waals surface area (Å²) in [5.74, 6) is 0.846. The Bertz CT molecular complexity index is 521. The van der Waals surface area contributed by atoms with Gasteiger partial charge < -0.3 is 10.2 Å². The summed E-state index contributed by atoms with van der Waals surface area (Å²) in [4.78, 5) is 14.5. The van der Waals surface area contributed by atoms with Crippen molar-refractivity contribution in [3.05, 3.63) is 17.0 Å². The van der Waals surface area contributed by atoms with Gasteiger partial charge in [0.05, 0.1) is 5.69 Å². The quantitative estimate of drug-likeness (QED) is 0.904. The van der Waals surface area contributed by atoms with Crippen LogP contribution in [0.15, 0.2) is 0 Å². The third-order valence-corrected chi connectivity index (χ3v) is 4.48. The van der Waals surface area contributed by atoms with Crippen LogP contribution in [0.5, 0.6) is 0 Å². The van der Waals surface area contributed by atoms with E-state index in [0.717, 1.165) is 38.3 Å². The van der Waals surface area contributed by atoms with E-state index in [-0.39, 0.29) is 5.91 Å². The van der Waals surface area contributed by atoms with Crippen LogP contribution in [-0.2, 0) is 17.8 Å². The van der Waals surface area contributed by atoms with E-state index in [1.165, 1.54) is 11.3 Å². The van der Waals surface area contributed by atoms with E-state index in [9.17, 15) is 4.79 Å². The lowest BCUT2D eigenvalue weighted by atomic mass is 10.1. The van der Waals surface area contributed by atoms with Crippen LogP contribution in [0.3, 0.4) is 0 Å². The largest absolute Gasteiger partial charge is 0.337 e. The molecular weight excluding hydrogens is 276 g/mol. The summed E-state index contributed by atoms with van der Waals surface area (Å²) < 4.78 is 2.09. The number of aromatic nitrogens is 2. The number of rotatable bonds is 5. The van der Waals surface area contributed by atoms with Crippen molar-refractivity contribution in [2.24, 2.45) is 5.92 Å². The van der Waals surface area contributed by atoms with Crippen LogP contribution in [-0.4, -0.2) is 46.3 Å². The van der Waals surface area contributed by atoms with Crippen molar-refractivity contribution in [3.8, 4) is 0 Å². The number of nitrogens with zero attached hydrogens (tertiary/aromatic N) is 3. The molecule has 2 rings (SSSR count). The maximum atomic E-state index is 12.5. The molecule has 22 heavy (non-hydrogen) atoms. The van der Waals surface area contributed by atoms with Gasteiger partial charge in [0.1, 0.15) is 0 Å². The van der Waals surface area contributed by atoms with Crippen molar-refractivity contribution >= 4 is 5.91 Å². The molecule has 0 aliphatic carbocycles. The van der Waals surface area contributed by atoms with Crippen molar-refractivity contribution in [2.75, 3.05) is 19.6 Å². The minimum absolute atomic E-state index is 0.268. The van der Waals surface area contributed by atoms with Gasteiger partial charge in [0.15, 0.2) is 0 Å². The predicted molar refractivity (Wildman–Crippen MR) is 88.9 cm³/mol. The zero-order chi connectivity index (χ0) is 16.3. The van der Waals surface area contributed by atoms with Crippen LogP contribution >= 0.6 is 0 Å². The molecule has 124 valence electrons. The standard InChI is InChI=1S/C17H30N4O/c1-12(2)11-21-15(5)16(14(4)19-21)6-7-17(22)20-9-8-18-10-13(20)3/h12-13,18H,6-11H2,1-5H3/t13-/m0/s1. The maximum Gasteiger partial charge on any atom is 0.223 e. The molecule has 0 radical (unpaired) electrons. The highest BCUT2D eigenvalue weighted by molar-refractivity contribution is 5.77. The number of hydrogen-bond donors (Lipinski definition) is 1. The van der Waals surface area contributed by atoms with Crippen molar-refractivity contribution in [1.29, 1.82) is 0 Å². The highest BCUT2D eigenvalue weighted by Crippen LogP contribution is 2.17. The summed E-state index contributed by atoms with van der Waals surface area (Å²) in [6.07, 6.45) is 1.38. The molecule has 0 spiro atoms. The van der Waals surface area contributed by atoms with E-state index in [0.29, 0.717) is 18.4 Å². The second-order valence-corrected chi connectivity index (χ2v) is 6.87. The first-order valence-electron chi connectivity index (χ1n) is 8.43. The van der Waals surface area contributed by atoms with E-state index in [1.54, 1.807) is 0 Å². The Morgan fingerprint density at radius 3 is 2.77 bits per heavy atom. The fourth-order valence-corrected chi connectivity index (χ4v) is 3.21. The molecule has 5 nitrogen and oxygen atoms in total. The average molecular weight is 306 g/mol.